The number of hydrogen-bond acceptors (Lipinski definition) is 1. The molecule has 0 aliphatic heterocycles. The van der Waals surface area contributed by atoms with E-state index in [1.807, 2.05) is 0 Å². The molecule has 3 heterocycles. The third-order valence-corrected chi connectivity index (χ3v) is 6.18. The molecule has 7 rings (SSSR count). The van der Waals surface area contributed by atoms with Crippen LogP contribution in [0.3, 0.4) is 0 Å². The van der Waals surface area contributed by atoms with Crippen LogP contribution < -0.4 is 0 Å². The number of fused-ring (bicyclic) bond motifs is 6. The van der Waals surface area contributed by atoms with Gasteiger partial charge in [0.1, 0.15) is 0 Å². The van der Waals surface area contributed by atoms with E-state index < -0.39 is 0 Å². The second-order valence-corrected chi connectivity index (χ2v) is 7.85. The van der Waals surface area contributed by atoms with E-state index in [0.717, 1.165) is 33.8 Å². The summed E-state index contributed by atoms with van der Waals surface area (Å²) in [5.74, 6) is 1.63. The molecule has 3 aromatic heterocycles. The van der Waals surface area contributed by atoms with E-state index >= 15 is 0 Å². The van der Waals surface area contributed by atoms with Gasteiger partial charge >= 0.3 is 0 Å². The zero-order chi connectivity index (χ0) is 20.4. The van der Waals surface area contributed by atoms with Crippen LogP contribution in [0.25, 0.3) is 55.4 Å². The smallest absolute Gasteiger partial charge is 0.207 e. The van der Waals surface area contributed by atoms with Gasteiger partial charge in [-0.1, -0.05) is 72.8 Å². The highest BCUT2D eigenvalue weighted by atomic mass is 16.4. The molecule has 0 spiro atoms. The molecule has 0 fully saturated rings. The van der Waals surface area contributed by atoms with Crippen LogP contribution in [-0.2, 0) is 0 Å². The average molecular weight is 398 g/mol. The van der Waals surface area contributed by atoms with Crippen molar-refractivity contribution in [3.05, 3.63) is 109 Å². The summed E-state index contributed by atoms with van der Waals surface area (Å²) in [6.07, 6.45) is 0. The number of nitrogens with zero attached hydrogens (tertiary/aromatic N) is 2. The molecule has 31 heavy (non-hydrogen) atoms. The monoisotopic (exact) mass is 398 g/mol. The molecule has 4 aromatic carbocycles. The van der Waals surface area contributed by atoms with E-state index in [9.17, 15) is 0 Å². The molecule has 0 aliphatic rings. The Hall–Kier alpha value is -4.24. The molecule has 0 saturated carbocycles. The Morgan fingerprint density at radius 2 is 0.645 bits per heavy atom. The Labute approximate surface area is 178 Å². The second kappa shape index (κ2) is 6.13. The zero-order valence-electron chi connectivity index (χ0n) is 16.7. The molecule has 0 saturated heterocycles. The molecule has 0 unspecified atom stereocenters. The van der Waals surface area contributed by atoms with Gasteiger partial charge in [-0.2, -0.15) is 0 Å². The van der Waals surface area contributed by atoms with Crippen molar-refractivity contribution in [1.29, 1.82) is 0 Å². The van der Waals surface area contributed by atoms with Gasteiger partial charge in [-0.3, -0.25) is 9.13 Å². The van der Waals surface area contributed by atoms with Crippen LogP contribution >= 0.6 is 0 Å². The van der Waals surface area contributed by atoms with Crippen LogP contribution in [0.5, 0.6) is 0 Å². The maximum atomic E-state index is 6.53. The Balaban J connectivity index is 1.53. The number of aromatic nitrogens is 2. The van der Waals surface area contributed by atoms with Crippen molar-refractivity contribution in [1.82, 2.24) is 9.13 Å². The van der Waals surface area contributed by atoms with Gasteiger partial charge in [-0.25, -0.2) is 0 Å². The first-order valence-corrected chi connectivity index (χ1v) is 10.5. The lowest BCUT2D eigenvalue weighted by Gasteiger charge is -2.06. The summed E-state index contributed by atoms with van der Waals surface area (Å²) < 4.78 is 11.0. The standard InChI is InChI=1S/C28H18N2O/c1-5-13-23-19(9-1)20-10-2-6-14-24(20)29(23)27-17-18-28(31-27)30-25-15-7-3-11-21(25)22-12-4-8-16-26(22)30/h1-18H. The van der Waals surface area contributed by atoms with Gasteiger partial charge in [-0.05, 0) is 24.3 Å². The van der Waals surface area contributed by atoms with Crippen LogP contribution in [0, 0.1) is 0 Å². The fraction of sp³-hybridized carbons (Fsp3) is 0. The van der Waals surface area contributed by atoms with E-state index in [1.165, 1.54) is 21.5 Å². The van der Waals surface area contributed by atoms with Crippen LogP contribution in [0.4, 0.5) is 0 Å². The summed E-state index contributed by atoms with van der Waals surface area (Å²) in [4.78, 5) is 0. The third kappa shape index (κ3) is 2.23. The topological polar surface area (TPSA) is 23.0 Å². The lowest BCUT2D eigenvalue weighted by Crippen LogP contribution is -1.93. The molecule has 7 aromatic rings. The molecule has 3 heteroatoms. The maximum Gasteiger partial charge on any atom is 0.207 e. The molecule has 3 nitrogen and oxygen atoms in total. The molecular formula is C28H18N2O. The number of furan rings is 1. The van der Waals surface area contributed by atoms with Crippen molar-refractivity contribution in [2.45, 2.75) is 0 Å². The van der Waals surface area contributed by atoms with Crippen molar-refractivity contribution in [3.63, 3.8) is 0 Å². The van der Waals surface area contributed by atoms with E-state index in [4.69, 9.17) is 4.42 Å². The van der Waals surface area contributed by atoms with Crippen LogP contribution in [-0.4, -0.2) is 9.13 Å². The summed E-state index contributed by atoms with van der Waals surface area (Å²) in [5, 5.41) is 4.92. The van der Waals surface area contributed by atoms with Gasteiger partial charge in [0, 0.05) is 33.7 Å². The second-order valence-electron chi connectivity index (χ2n) is 7.85. The Morgan fingerprint density at radius 1 is 0.355 bits per heavy atom. The summed E-state index contributed by atoms with van der Waals surface area (Å²) in [5.41, 5.74) is 4.58. The summed E-state index contributed by atoms with van der Waals surface area (Å²) >= 11 is 0. The normalized spacial score (nSPS) is 11.9. The van der Waals surface area contributed by atoms with Crippen molar-refractivity contribution in [2.75, 3.05) is 0 Å². The number of benzene rings is 4. The van der Waals surface area contributed by atoms with Crippen LogP contribution in [0.15, 0.2) is 114 Å². The Bertz CT molecular complexity index is 1510. The zero-order valence-corrected chi connectivity index (χ0v) is 16.7. The number of hydrogen-bond donors (Lipinski definition) is 0. The first-order valence-electron chi connectivity index (χ1n) is 10.5. The minimum absolute atomic E-state index is 0.814. The highest BCUT2D eigenvalue weighted by molar-refractivity contribution is 6.10. The Morgan fingerprint density at radius 3 is 0.968 bits per heavy atom. The molecule has 0 N–H and O–H groups in total. The van der Waals surface area contributed by atoms with E-state index in [-0.39, 0.29) is 0 Å². The van der Waals surface area contributed by atoms with Gasteiger partial charge in [0.15, 0.2) is 0 Å². The van der Waals surface area contributed by atoms with Crippen molar-refractivity contribution >= 4 is 43.6 Å². The molecule has 146 valence electrons. The molecular weight excluding hydrogens is 380 g/mol. The van der Waals surface area contributed by atoms with Gasteiger partial charge in [-0.15, -0.1) is 0 Å². The summed E-state index contributed by atoms with van der Waals surface area (Å²) in [7, 11) is 0. The van der Waals surface area contributed by atoms with Crippen LogP contribution in [0.1, 0.15) is 0 Å². The van der Waals surface area contributed by atoms with Gasteiger partial charge < -0.3 is 4.42 Å². The lowest BCUT2D eigenvalue weighted by molar-refractivity contribution is 0.528. The predicted octanol–water partition coefficient (Wildman–Crippen LogP) is 7.47. The number of para-hydroxylation sites is 4. The largest absolute Gasteiger partial charge is 0.424 e. The van der Waals surface area contributed by atoms with Gasteiger partial charge in [0.2, 0.25) is 11.8 Å². The van der Waals surface area contributed by atoms with Crippen molar-refractivity contribution in [2.24, 2.45) is 0 Å². The fourth-order valence-electron chi connectivity index (χ4n) is 4.88. The minimum Gasteiger partial charge on any atom is -0.424 e. The average Bonchev–Trinajstić information content (AvgIpc) is 3.51. The van der Waals surface area contributed by atoms with Crippen LogP contribution in [0.2, 0.25) is 0 Å². The molecule has 0 bridgehead atoms. The highest BCUT2D eigenvalue weighted by Crippen LogP contribution is 2.35. The summed E-state index contributed by atoms with van der Waals surface area (Å²) in [6, 6.07) is 38.1. The number of rotatable bonds is 2. The molecule has 0 aliphatic carbocycles. The molecule has 0 amide bonds. The van der Waals surface area contributed by atoms with Gasteiger partial charge in [0.05, 0.1) is 22.1 Å². The maximum absolute atomic E-state index is 6.53. The minimum atomic E-state index is 0.814. The first-order chi connectivity index (χ1) is 15.4. The quantitative estimate of drug-likeness (QED) is 0.296. The molecule has 0 radical (unpaired) electrons. The van der Waals surface area contributed by atoms with Crippen molar-refractivity contribution < 1.29 is 4.42 Å². The fourth-order valence-corrected chi connectivity index (χ4v) is 4.88. The van der Waals surface area contributed by atoms with E-state index in [1.54, 1.807) is 0 Å². The highest BCUT2D eigenvalue weighted by Gasteiger charge is 2.17. The molecule has 0 atom stereocenters. The summed E-state index contributed by atoms with van der Waals surface area (Å²) in [6.45, 7) is 0. The predicted molar refractivity (Wildman–Crippen MR) is 127 cm³/mol. The van der Waals surface area contributed by atoms with E-state index in [0.29, 0.717) is 0 Å². The Kier molecular flexibility index (Phi) is 3.27. The lowest BCUT2D eigenvalue weighted by atomic mass is 10.2. The van der Waals surface area contributed by atoms with Crippen molar-refractivity contribution in [3.8, 4) is 11.8 Å². The first kappa shape index (κ1) is 16.5. The van der Waals surface area contributed by atoms with E-state index in [2.05, 4.69) is 118 Å². The van der Waals surface area contributed by atoms with Gasteiger partial charge in [0.25, 0.3) is 0 Å². The third-order valence-electron chi connectivity index (χ3n) is 6.18. The SMILES string of the molecule is c1ccc2c(c1)c1ccccc1n2-c1ccc(-n2c3ccccc3c3ccccc32)o1.